The molecular weight excluding hydrogens is 230 g/mol. The van der Waals surface area contributed by atoms with Crippen molar-refractivity contribution in [2.24, 2.45) is 5.41 Å². The van der Waals surface area contributed by atoms with Gasteiger partial charge in [0.2, 0.25) is 0 Å². The molecule has 2 aliphatic rings. The largest absolute Gasteiger partial charge is 0.444 e. The van der Waals surface area contributed by atoms with E-state index in [4.69, 9.17) is 15.9 Å². The fourth-order valence-corrected chi connectivity index (χ4v) is 2.70. The highest BCUT2D eigenvalue weighted by molar-refractivity contribution is 5.71. The van der Waals surface area contributed by atoms with Crippen LogP contribution in [-0.4, -0.2) is 42.4 Å². The summed E-state index contributed by atoms with van der Waals surface area (Å²) >= 11 is 0. The second kappa shape index (κ2) is 4.47. The van der Waals surface area contributed by atoms with Crippen molar-refractivity contribution in [3.63, 3.8) is 0 Å². The number of nitrogens with zero attached hydrogens (tertiary/aromatic N) is 1. The predicted molar refractivity (Wildman–Crippen MR) is 68.0 cm³/mol. The van der Waals surface area contributed by atoms with Gasteiger partial charge in [-0.15, -0.1) is 6.42 Å². The Balaban J connectivity index is 2.01. The smallest absolute Gasteiger partial charge is 0.411 e. The molecule has 0 saturated carbocycles. The number of likely N-dealkylation sites (tertiary alicyclic amines) is 1. The van der Waals surface area contributed by atoms with Crippen LogP contribution in [-0.2, 0) is 9.47 Å². The highest BCUT2D eigenvalue weighted by atomic mass is 16.6. The van der Waals surface area contributed by atoms with Crippen molar-refractivity contribution in [1.82, 2.24) is 4.90 Å². The molecule has 0 aromatic carbocycles. The average Bonchev–Trinajstić information content (AvgIpc) is 2.25. The van der Waals surface area contributed by atoms with Gasteiger partial charge in [0.05, 0.1) is 0 Å². The lowest BCUT2D eigenvalue weighted by Crippen LogP contribution is -2.67. The second-order valence-corrected chi connectivity index (χ2v) is 6.15. The number of carbonyl (C=O) groups is 1. The first kappa shape index (κ1) is 13.2. The van der Waals surface area contributed by atoms with Crippen molar-refractivity contribution in [2.45, 2.75) is 45.3 Å². The lowest BCUT2D eigenvalue weighted by Gasteiger charge is -2.56. The van der Waals surface area contributed by atoms with Crippen LogP contribution in [0.15, 0.2) is 0 Å². The maximum absolute atomic E-state index is 12.0. The van der Waals surface area contributed by atoms with E-state index in [1.54, 1.807) is 4.90 Å². The minimum Gasteiger partial charge on any atom is -0.444 e. The van der Waals surface area contributed by atoms with Crippen molar-refractivity contribution in [3.8, 4) is 12.3 Å². The van der Waals surface area contributed by atoms with Crippen LogP contribution in [0.1, 0.15) is 33.6 Å². The Kier molecular flexibility index (Phi) is 3.29. The number of hydrogen-bond acceptors (Lipinski definition) is 3. The Labute approximate surface area is 109 Å². The second-order valence-electron chi connectivity index (χ2n) is 6.15. The van der Waals surface area contributed by atoms with Gasteiger partial charge in [-0.25, -0.2) is 4.79 Å². The minimum atomic E-state index is -0.478. The Morgan fingerprint density at radius 2 is 2.06 bits per heavy atom. The molecule has 1 amide bonds. The van der Waals surface area contributed by atoms with Gasteiger partial charge >= 0.3 is 6.09 Å². The molecule has 1 spiro atoms. The minimum absolute atomic E-state index is 0.0594. The van der Waals surface area contributed by atoms with Gasteiger partial charge in [0.1, 0.15) is 11.6 Å². The van der Waals surface area contributed by atoms with Gasteiger partial charge in [-0.05, 0) is 33.6 Å². The van der Waals surface area contributed by atoms with Crippen LogP contribution >= 0.6 is 0 Å². The molecule has 2 aliphatic heterocycles. The first-order valence-corrected chi connectivity index (χ1v) is 6.41. The topological polar surface area (TPSA) is 38.8 Å². The molecule has 2 heterocycles. The van der Waals surface area contributed by atoms with E-state index < -0.39 is 5.60 Å². The van der Waals surface area contributed by atoms with Crippen LogP contribution < -0.4 is 0 Å². The zero-order chi connectivity index (χ0) is 13.4. The SMILES string of the molecule is C#CC1N(C(=O)OC(C)(C)C)CC12CCOCC2. The van der Waals surface area contributed by atoms with E-state index in [9.17, 15) is 4.79 Å². The number of amides is 1. The zero-order valence-corrected chi connectivity index (χ0v) is 11.4. The van der Waals surface area contributed by atoms with Gasteiger partial charge < -0.3 is 9.47 Å². The van der Waals surface area contributed by atoms with Crippen molar-refractivity contribution >= 4 is 6.09 Å². The van der Waals surface area contributed by atoms with E-state index in [0.29, 0.717) is 6.54 Å². The molecule has 0 aromatic rings. The quantitative estimate of drug-likeness (QED) is 0.618. The Morgan fingerprint density at radius 1 is 1.44 bits per heavy atom. The van der Waals surface area contributed by atoms with Crippen LogP contribution in [0.3, 0.4) is 0 Å². The first-order valence-electron chi connectivity index (χ1n) is 6.41. The summed E-state index contributed by atoms with van der Waals surface area (Å²) in [6.45, 7) is 7.75. The molecule has 100 valence electrons. The average molecular weight is 251 g/mol. The Hall–Kier alpha value is -1.21. The third-order valence-corrected chi connectivity index (χ3v) is 3.65. The van der Waals surface area contributed by atoms with E-state index in [1.165, 1.54) is 0 Å². The standard InChI is InChI=1S/C14H21NO3/c1-5-11-14(6-8-17-9-7-14)10-15(11)12(16)18-13(2,3)4/h1,11H,6-10H2,2-4H3. The van der Waals surface area contributed by atoms with Crippen LogP contribution in [0.4, 0.5) is 4.79 Å². The van der Waals surface area contributed by atoms with Gasteiger partial charge in [0.15, 0.2) is 0 Å². The van der Waals surface area contributed by atoms with Crippen LogP contribution in [0, 0.1) is 17.8 Å². The molecule has 2 saturated heterocycles. The number of carbonyl (C=O) groups excluding carboxylic acids is 1. The third kappa shape index (κ3) is 2.32. The molecule has 1 atom stereocenters. The van der Waals surface area contributed by atoms with Gasteiger partial charge in [0.25, 0.3) is 0 Å². The van der Waals surface area contributed by atoms with E-state index in [-0.39, 0.29) is 17.6 Å². The maximum atomic E-state index is 12.0. The van der Waals surface area contributed by atoms with Gasteiger partial charge in [-0.3, -0.25) is 4.90 Å². The third-order valence-electron chi connectivity index (χ3n) is 3.65. The summed E-state index contributed by atoms with van der Waals surface area (Å²) in [7, 11) is 0. The van der Waals surface area contributed by atoms with E-state index >= 15 is 0 Å². The lowest BCUT2D eigenvalue weighted by atomic mass is 9.67. The summed E-state index contributed by atoms with van der Waals surface area (Å²) < 4.78 is 10.7. The number of rotatable bonds is 0. The van der Waals surface area contributed by atoms with E-state index in [2.05, 4.69) is 5.92 Å². The molecule has 1 unspecified atom stereocenters. The van der Waals surface area contributed by atoms with Crippen LogP contribution in [0.5, 0.6) is 0 Å². The Bertz CT molecular complexity index is 371. The highest BCUT2D eigenvalue weighted by Gasteiger charge is 2.55. The molecule has 0 radical (unpaired) electrons. The van der Waals surface area contributed by atoms with Gasteiger partial charge in [-0.2, -0.15) is 0 Å². The molecular formula is C14H21NO3. The molecule has 0 bridgehead atoms. The fraction of sp³-hybridized carbons (Fsp3) is 0.786. The van der Waals surface area contributed by atoms with E-state index in [0.717, 1.165) is 26.1 Å². The maximum Gasteiger partial charge on any atom is 0.411 e. The highest BCUT2D eigenvalue weighted by Crippen LogP contribution is 2.45. The van der Waals surface area contributed by atoms with Crippen LogP contribution in [0.25, 0.3) is 0 Å². The molecule has 0 N–H and O–H groups in total. The molecule has 0 aromatic heterocycles. The van der Waals surface area contributed by atoms with E-state index in [1.807, 2.05) is 20.8 Å². The molecule has 0 aliphatic carbocycles. The molecule has 2 fully saturated rings. The van der Waals surface area contributed by atoms with Crippen molar-refractivity contribution in [1.29, 1.82) is 0 Å². The number of hydrogen-bond donors (Lipinski definition) is 0. The van der Waals surface area contributed by atoms with Crippen molar-refractivity contribution in [2.75, 3.05) is 19.8 Å². The summed E-state index contributed by atoms with van der Waals surface area (Å²) in [5.74, 6) is 2.75. The first-order chi connectivity index (χ1) is 8.38. The summed E-state index contributed by atoms with van der Waals surface area (Å²) in [5.41, 5.74) is -0.418. The summed E-state index contributed by atoms with van der Waals surface area (Å²) in [4.78, 5) is 13.7. The van der Waals surface area contributed by atoms with Gasteiger partial charge in [0, 0.05) is 25.2 Å². The molecule has 2 rings (SSSR count). The molecule has 4 nitrogen and oxygen atoms in total. The fourth-order valence-electron chi connectivity index (χ4n) is 2.70. The van der Waals surface area contributed by atoms with Crippen LogP contribution in [0.2, 0.25) is 0 Å². The number of ether oxygens (including phenoxy) is 2. The van der Waals surface area contributed by atoms with Crippen molar-refractivity contribution < 1.29 is 14.3 Å². The van der Waals surface area contributed by atoms with Crippen molar-refractivity contribution in [3.05, 3.63) is 0 Å². The normalized spacial score (nSPS) is 26.3. The molecule has 4 heteroatoms. The summed E-state index contributed by atoms with van der Waals surface area (Å²) in [6, 6.07) is -0.142. The predicted octanol–water partition coefficient (Wildman–Crippen LogP) is 2.04. The summed E-state index contributed by atoms with van der Waals surface area (Å²) in [6.07, 6.45) is 7.15. The zero-order valence-electron chi connectivity index (χ0n) is 11.4. The summed E-state index contributed by atoms with van der Waals surface area (Å²) in [5, 5.41) is 0. The number of terminal acetylenes is 1. The monoisotopic (exact) mass is 251 g/mol. The lowest BCUT2D eigenvalue weighted by molar-refractivity contribution is -0.107. The molecule has 18 heavy (non-hydrogen) atoms. The Morgan fingerprint density at radius 3 is 2.56 bits per heavy atom. The van der Waals surface area contributed by atoms with Gasteiger partial charge in [-0.1, -0.05) is 5.92 Å².